The minimum absolute atomic E-state index is 0.156. The van der Waals surface area contributed by atoms with E-state index in [0.29, 0.717) is 22.1 Å². The van der Waals surface area contributed by atoms with Crippen LogP contribution in [-0.2, 0) is 11.3 Å². The standard InChI is InChI=1S/C21H17FN4O3S/c22-15-7-5-14(6-8-15)17-11-20(28)26(13-24-17)10-9-23-19(27)12-30-21-25-16-3-1-2-4-18(16)29-21/h1-8,11,13H,9-10,12H2,(H,23,27). The van der Waals surface area contributed by atoms with E-state index in [1.807, 2.05) is 24.3 Å². The molecule has 9 heteroatoms. The quantitative estimate of drug-likeness (QED) is 0.459. The first-order chi connectivity index (χ1) is 14.6. The largest absolute Gasteiger partial charge is 0.431 e. The van der Waals surface area contributed by atoms with Crippen LogP contribution < -0.4 is 10.9 Å². The second-order valence-electron chi connectivity index (χ2n) is 6.40. The highest BCUT2D eigenvalue weighted by atomic mass is 32.2. The van der Waals surface area contributed by atoms with Gasteiger partial charge in [-0.05, 0) is 36.4 Å². The number of nitrogens with zero attached hydrogens (tertiary/aromatic N) is 3. The summed E-state index contributed by atoms with van der Waals surface area (Å²) in [6, 6.07) is 14.5. The minimum atomic E-state index is -0.350. The van der Waals surface area contributed by atoms with Gasteiger partial charge in [0.25, 0.3) is 10.8 Å². The van der Waals surface area contributed by atoms with Gasteiger partial charge in [-0.25, -0.2) is 14.4 Å². The van der Waals surface area contributed by atoms with Crippen molar-refractivity contribution in [3.63, 3.8) is 0 Å². The van der Waals surface area contributed by atoms with Gasteiger partial charge < -0.3 is 9.73 Å². The van der Waals surface area contributed by atoms with Crippen molar-refractivity contribution in [3.05, 3.63) is 77.1 Å². The Kier molecular flexibility index (Phi) is 5.89. The SMILES string of the molecule is O=C(CSc1nc2ccccc2o1)NCCn1cnc(-c2ccc(F)cc2)cc1=O. The van der Waals surface area contributed by atoms with Crippen LogP contribution in [0.2, 0.25) is 0 Å². The molecule has 152 valence electrons. The molecule has 0 atom stereocenters. The van der Waals surface area contributed by atoms with Crippen molar-refractivity contribution < 1.29 is 13.6 Å². The number of oxazole rings is 1. The summed E-state index contributed by atoms with van der Waals surface area (Å²) in [6.07, 6.45) is 1.42. The molecular formula is C21H17FN4O3S. The van der Waals surface area contributed by atoms with Crippen LogP contribution in [0.1, 0.15) is 0 Å². The van der Waals surface area contributed by atoms with Crippen LogP contribution in [0.5, 0.6) is 0 Å². The molecule has 2 aromatic carbocycles. The summed E-state index contributed by atoms with van der Waals surface area (Å²) in [5, 5.41) is 3.19. The molecule has 4 rings (SSSR count). The highest BCUT2D eigenvalue weighted by Gasteiger charge is 2.09. The normalized spacial score (nSPS) is 11.0. The average molecular weight is 424 g/mol. The highest BCUT2D eigenvalue weighted by Crippen LogP contribution is 2.22. The summed E-state index contributed by atoms with van der Waals surface area (Å²) in [5.41, 5.74) is 2.30. The average Bonchev–Trinajstić information content (AvgIpc) is 3.17. The number of amides is 1. The van der Waals surface area contributed by atoms with Crippen LogP contribution in [0.15, 0.2) is 75.4 Å². The maximum atomic E-state index is 13.0. The lowest BCUT2D eigenvalue weighted by molar-refractivity contribution is -0.118. The Bertz CT molecular complexity index is 1200. The number of nitrogens with one attached hydrogen (secondary N) is 1. The first kappa shape index (κ1) is 19.8. The van der Waals surface area contributed by atoms with Crippen molar-refractivity contribution in [1.29, 1.82) is 0 Å². The van der Waals surface area contributed by atoms with E-state index in [1.165, 1.54) is 40.9 Å². The van der Waals surface area contributed by atoms with E-state index < -0.39 is 0 Å². The molecule has 0 fully saturated rings. The number of hydrogen-bond donors (Lipinski definition) is 1. The second-order valence-corrected chi connectivity index (χ2v) is 7.33. The third-order valence-corrected chi connectivity index (χ3v) is 5.12. The molecule has 1 amide bonds. The van der Waals surface area contributed by atoms with Crippen molar-refractivity contribution in [2.24, 2.45) is 0 Å². The number of benzene rings is 2. The van der Waals surface area contributed by atoms with Gasteiger partial charge in [0.05, 0.1) is 17.8 Å². The number of para-hydroxylation sites is 2. The van der Waals surface area contributed by atoms with E-state index in [4.69, 9.17) is 4.42 Å². The molecule has 2 heterocycles. The van der Waals surface area contributed by atoms with Gasteiger partial charge in [-0.1, -0.05) is 23.9 Å². The van der Waals surface area contributed by atoms with E-state index in [0.717, 1.165) is 5.52 Å². The fourth-order valence-corrected chi connectivity index (χ4v) is 3.45. The van der Waals surface area contributed by atoms with E-state index in [9.17, 15) is 14.0 Å². The summed E-state index contributed by atoms with van der Waals surface area (Å²) in [4.78, 5) is 32.8. The molecule has 0 spiro atoms. The number of carbonyl (C=O) groups is 1. The van der Waals surface area contributed by atoms with Crippen LogP contribution in [0.3, 0.4) is 0 Å². The molecule has 7 nitrogen and oxygen atoms in total. The maximum absolute atomic E-state index is 13.0. The van der Waals surface area contributed by atoms with Gasteiger partial charge in [0.2, 0.25) is 5.91 Å². The number of carbonyl (C=O) groups excluding carboxylic acids is 1. The molecule has 0 saturated carbocycles. The summed E-state index contributed by atoms with van der Waals surface area (Å²) in [5.74, 6) is -0.382. The van der Waals surface area contributed by atoms with Gasteiger partial charge in [-0.2, -0.15) is 0 Å². The first-order valence-electron chi connectivity index (χ1n) is 9.16. The van der Waals surface area contributed by atoms with Crippen molar-refractivity contribution in [3.8, 4) is 11.3 Å². The Morgan fingerprint density at radius 1 is 1.17 bits per heavy atom. The first-order valence-corrected chi connectivity index (χ1v) is 10.1. The summed E-state index contributed by atoms with van der Waals surface area (Å²) in [7, 11) is 0. The van der Waals surface area contributed by atoms with Crippen molar-refractivity contribution in [1.82, 2.24) is 19.9 Å². The Hall–Kier alpha value is -3.46. The molecule has 4 aromatic rings. The summed E-state index contributed by atoms with van der Waals surface area (Å²) in [6.45, 7) is 0.569. The number of fused-ring (bicyclic) bond motifs is 1. The zero-order valence-corrected chi connectivity index (χ0v) is 16.6. The topological polar surface area (TPSA) is 90.0 Å². The zero-order chi connectivity index (χ0) is 20.9. The predicted octanol–water partition coefficient (Wildman–Crippen LogP) is 3.10. The molecule has 0 aliphatic carbocycles. The van der Waals surface area contributed by atoms with E-state index in [-0.39, 0.29) is 36.1 Å². The number of hydrogen-bond acceptors (Lipinski definition) is 6. The van der Waals surface area contributed by atoms with Gasteiger partial charge in [0.1, 0.15) is 11.3 Å². The third-order valence-electron chi connectivity index (χ3n) is 4.30. The number of halogens is 1. The van der Waals surface area contributed by atoms with Gasteiger partial charge in [0, 0.05) is 24.7 Å². The number of rotatable bonds is 7. The number of thioether (sulfide) groups is 1. The minimum Gasteiger partial charge on any atom is -0.431 e. The van der Waals surface area contributed by atoms with Gasteiger partial charge in [-0.3, -0.25) is 14.2 Å². The molecule has 0 aliphatic heterocycles. The van der Waals surface area contributed by atoms with Crippen LogP contribution in [0, 0.1) is 5.82 Å². The lowest BCUT2D eigenvalue weighted by Gasteiger charge is -2.08. The molecule has 30 heavy (non-hydrogen) atoms. The Labute approximate surface area is 175 Å². The summed E-state index contributed by atoms with van der Waals surface area (Å²) < 4.78 is 20.0. The monoisotopic (exact) mass is 424 g/mol. The van der Waals surface area contributed by atoms with Crippen molar-refractivity contribution in [2.75, 3.05) is 12.3 Å². The molecule has 0 bridgehead atoms. The molecular weight excluding hydrogens is 407 g/mol. The fourth-order valence-electron chi connectivity index (χ4n) is 2.78. The van der Waals surface area contributed by atoms with E-state index in [2.05, 4.69) is 15.3 Å². The Balaban J connectivity index is 1.27. The van der Waals surface area contributed by atoms with Gasteiger partial charge in [-0.15, -0.1) is 0 Å². The fraction of sp³-hybridized carbons (Fsp3) is 0.143. The van der Waals surface area contributed by atoms with Crippen molar-refractivity contribution >= 4 is 28.8 Å². The van der Waals surface area contributed by atoms with Crippen LogP contribution in [0.4, 0.5) is 4.39 Å². The second kappa shape index (κ2) is 8.91. The smallest absolute Gasteiger partial charge is 0.257 e. The molecule has 0 unspecified atom stereocenters. The molecule has 1 N–H and O–H groups in total. The Morgan fingerprint density at radius 3 is 2.73 bits per heavy atom. The lowest BCUT2D eigenvalue weighted by atomic mass is 10.1. The highest BCUT2D eigenvalue weighted by molar-refractivity contribution is 7.99. The molecule has 0 radical (unpaired) electrons. The molecule has 0 saturated heterocycles. The van der Waals surface area contributed by atoms with Crippen LogP contribution >= 0.6 is 11.8 Å². The van der Waals surface area contributed by atoms with E-state index in [1.54, 1.807) is 12.1 Å². The maximum Gasteiger partial charge on any atom is 0.257 e. The van der Waals surface area contributed by atoms with Gasteiger partial charge in [0.15, 0.2) is 5.58 Å². The third kappa shape index (κ3) is 4.74. The lowest BCUT2D eigenvalue weighted by Crippen LogP contribution is -2.31. The van der Waals surface area contributed by atoms with Crippen LogP contribution in [0.25, 0.3) is 22.4 Å². The summed E-state index contributed by atoms with van der Waals surface area (Å²) >= 11 is 1.21. The predicted molar refractivity (Wildman–Crippen MR) is 112 cm³/mol. The van der Waals surface area contributed by atoms with E-state index >= 15 is 0 Å². The zero-order valence-electron chi connectivity index (χ0n) is 15.7. The van der Waals surface area contributed by atoms with Crippen molar-refractivity contribution in [2.45, 2.75) is 11.8 Å². The Morgan fingerprint density at radius 2 is 1.97 bits per heavy atom. The van der Waals surface area contributed by atoms with Crippen LogP contribution in [-0.4, -0.2) is 32.7 Å². The number of aromatic nitrogens is 3. The molecule has 2 aromatic heterocycles. The van der Waals surface area contributed by atoms with Gasteiger partial charge >= 0.3 is 0 Å². The molecule has 0 aliphatic rings.